The van der Waals surface area contributed by atoms with Gasteiger partial charge in [-0.05, 0) is 24.6 Å². The van der Waals surface area contributed by atoms with Gasteiger partial charge in [0.2, 0.25) is 0 Å². The summed E-state index contributed by atoms with van der Waals surface area (Å²) in [7, 11) is -3.33. The van der Waals surface area contributed by atoms with Crippen LogP contribution in [-0.2, 0) is 9.84 Å². The summed E-state index contributed by atoms with van der Waals surface area (Å²) in [5, 5.41) is 0.253. The molecule has 0 unspecified atom stereocenters. The van der Waals surface area contributed by atoms with Crippen molar-refractivity contribution in [3.63, 3.8) is 0 Å². The predicted octanol–water partition coefficient (Wildman–Crippen LogP) is 4.84. The molecule has 0 radical (unpaired) electrons. The molecule has 0 saturated carbocycles. The van der Waals surface area contributed by atoms with Gasteiger partial charge in [0.1, 0.15) is 0 Å². The summed E-state index contributed by atoms with van der Waals surface area (Å²) in [5.41, 5.74) is 6.06. The molecule has 0 spiro atoms. The number of hydrogen-bond acceptors (Lipinski definition) is 3. The van der Waals surface area contributed by atoms with Gasteiger partial charge in [-0.2, -0.15) is 0 Å². The van der Waals surface area contributed by atoms with Crippen molar-refractivity contribution in [2.45, 2.75) is 63.2 Å². The Balaban J connectivity index is 2.35. The summed E-state index contributed by atoms with van der Waals surface area (Å²) in [4.78, 5) is 0.159. The van der Waals surface area contributed by atoms with E-state index in [0.29, 0.717) is 12.1 Å². The molecule has 0 bridgehead atoms. The van der Waals surface area contributed by atoms with Crippen LogP contribution in [0.2, 0.25) is 5.02 Å². The average molecular weight is 332 g/mol. The molecule has 0 aromatic heterocycles. The fraction of sp³-hybridized carbons (Fsp3) is 0.625. The molecule has 120 valence electrons. The van der Waals surface area contributed by atoms with Gasteiger partial charge in [-0.1, -0.05) is 63.5 Å². The normalized spacial score (nSPS) is 11.7. The Morgan fingerprint density at radius 3 is 2.19 bits per heavy atom. The van der Waals surface area contributed by atoms with Crippen LogP contribution in [-0.4, -0.2) is 14.2 Å². The molecule has 0 aliphatic rings. The molecular formula is C16H26ClNO2S. The van der Waals surface area contributed by atoms with E-state index in [1.807, 2.05) is 0 Å². The summed E-state index contributed by atoms with van der Waals surface area (Å²) >= 11 is 5.96. The van der Waals surface area contributed by atoms with Gasteiger partial charge in [-0.25, -0.2) is 8.42 Å². The number of nitrogens with two attached hydrogens (primary N) is 1. The third-order valence-electron chi connectivity index (χ3n) is 3.56. The van der Waals surface area contributed by atoms with Gasteiger partial charge >= 0.3 is 0 Å². The summed E-state index contributed by atoms with van der Waals surface area (Å²) < 4.78 is 24.5. The Kier molecular flexibility index (Phi) is 8.12. The van der Waals surface area contributed by atoms with E-state index >= 15 is 0 Å². The minimum Gasteiger partial charge on any atom is -0.399 e. The maximum Gasteiger partial charge on any atom is 0.179 e. The number of hydrogen-bond donors (Lipinski definition) is 1. The molecule has 0 heterocycles. The van der Waals surface area contributed by atoms with Crippen LogP contribution in [0.5, 0.6) is 0 Å². The Bertz CT molecular complexity index is 529. The average Bonchev–Trinajstić information content (AvgIpc) is 2.44. The van der Waals surface area contributed by atoms with Crippen molar-refractivity contribution in [2.24, 2.45) is 0 Å². The fourth-order valence-corrected chi connectivity index (χ4v) is 4.25. The van der Waals surface area contributed by atoms with E-state index in [0.717, 1.165) is 12.8 Å². The van der Waals surface area contributed by atoms with Gasteiger partial charge in [0.05, 0.1) is 15.7 Å². The summed E-state index contributed by atoms with van der Waals surface area (Å²) in [6.45, 7) is 2.20. The number of nitrogen functional groups attached to an aromatic ring is 1. The van der Waals surface area contributed by atoms with Crippen LogP contribution in [0.4, 0.5) is 5.69 Å². The van der Waals surface area contributed by atoms with Crippen molar-refractivity contribution in [3.05, 3.63) is 23.2 Å². The fourth-order valence-electron chi connectivity index (χ4n) is 2.29. The third kappa shape index (κ3) is 6.70. The van der Waals surface area contributed by atoms with E-state index in [2.05, 4.69) is 6.92 Å². The highest BCUT2D eigenvalue weighted by Crippen LogP contribution is 2.25. The lowest BCUT2D eigenvalue weighted by Gasteiger charge is -2.07. The second-order valence-electron chi connectivity index (χ2n) is 5.48. The number of rotatable bonds is 10. The first-order chi connectivity index (χ1) is 9.97. The smallest absolute Gasteiger partial charge is 0.179 e. The monoisotopic (exact) mass is 331 g/mol. The van der Waals surface area contributed by atoms with E-state index in [-0.39, 0.29) is 15.7 Å². The van der Waals surface area contributed by atoms with E-state index in [1.165, 1.54) is 44.2 Å². The van der Waals surface area contributed by atoms with Crippen molar-refractivity contribution in [1.82, 2.24) is 0 Å². The highest BCUT2D eigenvalue weighted by atomic mass is 35.5. The first-order valence-corrected chi connectivity index (χ1v) is 9.78. The second-order valence-corrected chi connectivity index (χ2v) is 7.97. The minimum atomic E-state index is -3.33. The maximum atomic E-state index is 12.2. The summed E-state index contributed by atoms with van der Waals surface area (Å²) in [6, 6.07) is 4.59. The molecule has 1 aromatic carbocycles. The molecule has 0 saturated heterocycles. The predicted molar refractivity (Wildman–Crippen MR) is 90.5 cm³/mol. The summed E-state index contributed by atoms with van der Waals surface area (Å²) in [6.07, 6.45) is 9.01. The van der Waals surface area contributed by atoms with E-state index < -0.39 is 9.84 Å². The number of benzene rings is 1. The van der Waals surface area contributed by atoms with E-state index in [1.54, 1.807) is 6.07 Å². The molecule has 0 aliphatic carbocycles. The zero-order valence-electron chi connectivity index (χ0n) is 12.8. The zero-order valence-corrected chi connectivity index (χ0v) is 14.3. The summed E-state index contributed by atoms with van der Waals surface area (Å²) in [5.74, 6) is 0.144. The molecule has 0 fully saturated rings. The Labute approximate surface area is 133 Å². The molecule has 0 atom stereocenters. The van der Waals surface area contributed by atoms with Crippen molar-refractivity contribution in [3.8, 4) is 0 Å². The molecule has 3 nitrogen and oxygen atoms in total. The van der Waals surface area contributed by atoms with Gasteiger partial charge in [-0.15, -0.1) is 0 Å². The maximum absolute atomic E-state index is 12.2. The quantitative estimate of drug-likeness (QED) is 0.493. The van der Waals surface area contributed by atoms with Gasteiger partial charge in [-0.3, -0.25) is 0 Å². The van der Waals surface area contributed by atoms with Gasteiger partial charge in [0, 0.05) is 5.69 Å². The molecule has 5 heteroatoms. The Hall–Kier alpha value is -0.740. The van der Waals surface area contributed by atoms with Gasteiger partial charge in [0.15, 0.2) is 9.84 Å². The van der Waals surface area contributed by atoms with Crippen molar-refractivity contribution in [1.29, 1.82) is 0 Å². The van der Waals surface area contributed by atoms with Crippen LogP contribution in [0.1, 0.15) is 58.3 Å². The van der Waals surface area contributed by atoms with Gasteiger partial charge in [0.25, 0.3) is 0 Å². The lowest BCUT2D eigenvalue weighted by Crippen LogP contribution is -2.08. The molecule has 21 heavy (non-hydrogen) atoms. The highest BCUT2D eigenvalue weighted by Gasteiger charge is 2.17. The highest BCUT2D eigenvalue weighted by molar-refractivity contribution is 7.91. The van der Waals surface area contributed by atoms with Crippen LogP contribution in [0.3, 0.4) is 0 Å². The lowest BCUT2D eigenvalue weighted by molar-refractivity contribution is 0.572. The largest absolute Gasteiger partial charge is 0.399 e. The molecular weight excluding hydrogens is 306 g/mol. The molecule has 0 aliphatic heterocycles. The Morgan fingerprint density at radius 1 is 1.00 bits per heavy atom. The van der Waals surface area contributed by atoms with Gasteiger partial charge < -0.3 is 5.73 Å². The van der Waals surface area contributed by atoms with Crippen LogP contribution < -0.4 is 5.73 Å². The van der Waals surface area contributed by atoms with Crippen LogP contribution in [0.15, 0.2) is 23.1 Å². The minimum absolute atomic E-state index is 0.144. The lowest BCUT2D eigenvalue weighted by atomic mass is 10.1. The number of sulfone groups is 1. The molecule has 2 N–H and O–H groups in total. The van der Waals surface area contributed by atoms with Crippen molar-refractivity contribution in [2.75, 3.05) is 11.5 Å². The Morgan fingerprint density at radius 2 is 1.57 bits per heavy atom. The first-order valence-electron chi connectivity index (χ1n) is 7.75. The first kappa shape index (κ1) is 18.3. The molecule has 1 rings (SSSR count). The van der Waals surface area contributed by atoms with Crippen LogP contribution in [0, 0.1) is 0 Å². The topological polar surface area (TPSA) is 60.2 Å². The standard InChI is InChI=1S/C16H26ClNO2S/c1-2-3-4-5-6-7-8-9-12-21(19,20)16-13-14(18)10-11-15(16)17/h10-11,13H,2-9,12,18H2,1H3. The van der Waals surface area contributed by atoms with Crippen LogP contribution >= 0.6 is 11.6 Å². The third-order valence-corrected chi connectivity index (χ3v) is 5.83. The number of unbranched alkanes of at least 4 members (excludes halogenated alkanes) is 7. The van der Waals surface area contributed by atoms with E-state index in [9.17, 15) is 8.42 Å². The number of halogens is 1. The molecule has 1 aromatic rings. The number of anilines is 1. The zero-order chi connectivity index (χ0) is 15.7. The SMILES string of the molecule is CCCCCCCCCCS(=O)(=O)c1cc(N)ccc1Cl. The van der Waals surface area contributed by atoms with Crippen molar-refractivity contribution >= 4 is 27.1 Å². The molecule has 0 amide bonds. The van der Waals surface area contributed by atoms with Crippen LogP contribution in [0.25, 0.3) is 0 Å². The van der Waals surface area contributed by atoms with E-state index in [4.69, 9.17) is 17.3 Å². The second kappa shape index (κ2) is 9.31. The van der Waals surface area contributed by atoms with Crippen molar-refractivity contribution < 1.29 is 8.42 Å².